The quantitative estimate of drug-likeness (QED) is 0.227. The van der Waals surface area contributed by atoms with Crippen molar-refractivity contribution < 1.29 is 32.3 Å². The number of alkyl halides is 3. The van der Waals surface area contributed by atoms with Crippen LogP contribution in [-0.2, 0) is 27.1 Å². The fourth-order valence-electron chi connectivity index (χ4n) is 5.51. The molecule has 0 saturated carbocycles. The molecule has 1 N–H and O–H groups in total. The number of ether oxygens (including phenoxy) is 1. The van der Waals surface area contributed by atoms with Gasteiger partial charge in [-0.2, -0.15) is 13.2 Å². The zero-order valence-corrected chi connectivity index (χ0v) is 26.1. The van der Waals surface area contributed by atoms with Gasteiger partial charge in [0.1, 0.15) is 17.5 Å². The summed E-state index contributed by atoms with van der Waals surface area (Å²) in [6, 6.07) is 15.7. The monoisotopic (exact) mass is 693 g/mol. The molecule has 2 aliphatic rings. The predicted octanol–water partition coefficient (Wildman–Crippen LogP) is 6.68. The number of methoxy groups -OCH3 is 1. The second-order valence-corrected chi connectivity index (χ2v) is 13.0. The first kappa shape index (κ1) is 31.2. The van der Waals surface area contributed by atoms with E-state index in [1.165, 1.54) is 19.2 Å². The highest BCUT2D eigenvalue weighted by Gasteiger charge is 2.57. The maximum Gasteiger partial charge on any atom is 0.418 e. The molecule has 1 fully saturated rings. The highest BCUT2D eigenvalue weighted by molar-refractivity contribution is 8.00. The lowest BCUT2D eigenvalue weighted by atomic mass is 9.83. The summed E-state index contributed by atoms with van der Waals surface area (Å²) in [5, 5.41) is 1.81. The fraction of sp³-hybridized carbons (Fsp3) is 0.200. The van der Waals surface area contributed by atoms with Crippen molar-refractivity contribution in [3.63, 3.8) is 0 Å². The number of aromatic nitrogens is 1. The summed E-state index contributed by atoms with van der Waals surface area (Å²) >= 11 is 14.7. The second kappa shape index (κ2) is 11.9. The van der Waals surface area contributed by atoms with E-state index < -0.39 is 63.7 Å². The van der Waals surface area contributed by atoms with Crippen LogP contribution in [0.25, 0.3) is 0 Å². The zero-order chi connectivity index (χ0) is 32.2. The Bertz CT molecular complexity index is 1910. The average molecular weight is 695 g/mol. The summed E-state index contributed by atoms with van der Waals surface area (Å²) in [5.74, 6) is -3.28. The zero-order valence-electron chi connectivity index (χ0n) is 22.9. The molecule has 6 rings (SSSR count). The van der Waals surface area contributed by atoms with E-state index in [9.17, 15) is 32.3 Å². The Morgan fingerprint density at radius 1 is 0.978 bits per heavy atom. The molecule has 2 aliphatic heterocycles. The molecule has 0 aliphatic carbocycles. The number of thiazole rings is 1. The van der Waals surface area contributed by atoms with E-state index in [-0.39, 0.29) is 15.1 Å². The minimum Gasteiger partial charge on any atom is -0.497 e. The van der Waals surface area contributed by atoms with Crippen LogP contribution in [0.15, 0.2) is 76.6 Å². The van der Waals surface area contributed by atoms with E-state index in [0.29, 0.717) is 21.9 Å². The van der Waals surface area contributed by atoms with E-state index >= 15 is 0 Å². The van der Waals surface area contributed by atoms with Crippen LogP contribution in [0, 0.1) is 5.92 Å². The van der Waals surface area contributed by atoms with Crippen molar-refractivity contribution in [2.24, 2.45) is 5.92 Å². The van der Waals surface area contributed by atoms with Crippen LogP contribution in [-0.4, -0.2) is 34.6 Å². The summed E-state index contributed by atoms with van der Waals surface area (Å²) in [6.45, 7) is -0.637. The maximum atomic E-state index is 14.0. The number of halogens is 5. The van der Waals surface area contributed by atoms with Crippen LogP contribution in [0.3, 0.4) is 0 Å². The van der Waals surface area contributed by atoms with E-state index in [2.05, 4.69) is 5.32 Å². The van der Waals surface area contributed by atoms with Gasteiger partial charge in [0, 0.05) is 10.8 Å². The van der Waals surface area contributed by atoms with Crippen molar-refractivity contribution in [2.75, 3.05) is 17.3 Å². The number of fused-ring (bicyclic) bond motifs is 2. The number of rotatable bonds is 6. The molecule has 3 atom stereocenters. The van der Waals surface area contributed by atoms with Crippen LogP contribution in [0.5, 0.6) is 5.75 Å². The predicted molar refractivity (Wildman–Crippen MR) is 166 cm³/mol. The third-order valence-corrected chi connectivity index (χ3v) is 10.9. The smallest absolute Gasteiger partial charge is 0.418 e. The van der Waals surface area contributed by atoms with Gasteiger partial charge >= 0.3 is 11.0 Å². The van der Waals surface area contributed by atoms with Crippen LogP contribution in [0.4, 0.5) is 24.5 Å². The van der Waals surface area contributed by atoms with Crippen molar-refractivity contribution >= 4 is 75.4 Å². The molecule has 3 unspecified atom stereocenters. The van der Waals surface area contributed by atoms with E-state index in [1.54, 1.807) is 42.5 Å². The van der Waals surface area contributed by atoms with Gasteiger partial charge in [0.15, 0.2) is 0 Å². The lowest BCUT2D eigenvalue weighted by Gasteiger charge is -2.31. The first-order chi connectivity index (χ1) is 21.4. The van der Waals surface area contributed by atoms with Gasteiger partial charge in [-0.3, -0.25) is 23.7 Å². The molecule has 4 aromatic rings. The van der Waals surface area contributed by atoms with Crippen molar-refractivity contribution in [1.29, 1.82) is 0 Å². The Balaban J connectivity index is 1.42. The first-order valence-corrected chi connectivity index (χ1v) is 15.7. The highest BCUT2D eigenvalue weighted by Crippen LogP contribution is 2.55. The standard InChI is InChI=1S/C30H20Cl2F3N3O5S2/c1-43-15-11-9-14(10-12-15)38-26(40)22-21(16-5-4-7-18(31)23(16)32)25-28(44-24(22)27(38)41)37(29(42)45-25)13-20(39)36-19-8-3-2-6-17(19)30(33,34)35/h2-12,21-22,24H,13H2,1H3,(H,36,39). The van der Waals surface area contributed by atoms with Gasteiger partial charge in [-0.1, -0.05) is 70.6 Å². The minimum atomic E-state index is -4.72. The van der Waals surface area contributed by atoms with Gasteiger partial charge in [0.2, 0.25) is 17.7 Å². The molecule has 3 heterocycles. The van der Waals surface area contributed by atoms with Crippen LogP contribution >= 0.6 is 46.3 Å². The Morgan fingerprint density at radius 2 is 1.69 bits per heavy atom. The van der Waals surface area contributed by atoms with Gasteiger partial charge in [0.05, 0.1) is 45.0 Å². The molecule has 1 saturated heterocycles. The molecule has 0 bridgehead atoms. The van der Waals surface area contributed by atoms with Gasteiger partial charge in [-0.25, -0.2) is 4.90 Å². The lowest BCUT2D eigenvalue weighted by Crippen LogP contribution is -2.33. The number of amides is 3. The third kappa shape index (κ3) is 5.51. The van der Waals surface area contributed by atoms with Gasteiger partial charge in [-0.05, 0) is 48.0 Å². The summed E-state index contributed by atoms with van der Waals surface area (Å²) in [5.41, 5.74) is -0.773. The number of nitrogens with one attached hydrogen (secondary N) is 1. The SMILES string of the molecule is COc1ccc(N2C(=O)C3Sc4c(sc(=O)n4CC(=O)Nc4ccccc4C(F)(F)F)C(c4cccc(Cl)c4Cl)C3C2=O)cc1. The summed E-state index contributed by atoms with van der Waals surface area (Å²) in [4.78, 5) is 55.2. The van der Waals surface area contributed by atoms with Gasteiger partial charge in [0.25, 0.3) is 0 Å². The molecule has 0 spiro atoms. The number of carbonyl (C=O) groups excluding carboxylic acids is 3. The molecule has 1 aromatic heterocycles. The normalized spacial score (nSPS) is 19.3. The number of hydrogen-bond donors (Lipinski definition) is 1. The summed E-state index contributed by atoms with van der Waals surface area (Å²) in [7, 11) is 1.49. The van der Waals surface area contributed by atoms with E-state index in [0.717, 1.165) is 44.7 Å². The lowest BCUT2D eigenvalue weighted by molar-refractivity contribution is -0.137. The molecular formula is C30H20Cl2F3N3O5S2. The van der Waals surface area contributed by atoms with Crippen molar-refractivity contribution in [3.05, 3.63) is 102 Å². The van der Waals surface area contributed by atoms with Gasteiger partial charge < -0.3 is 10.1 Å². The third-order valence-electron chi connectivity index (χ3n) is 7.50. The number of carbonyl (C=O) groups is 3. The number of para-hydroxylation sites is 1. The van der Waals surface area contributed by atoms with Crippen molar-refractivity contribution in [1.82, 2.24) is 4.57 Å². The molecule has 15 heteroatoms. The molecule has 3 aromatic carbocycles. The van der Waals surface area contributed by atoms with Crippen LogP contribution in [0.1, 0.15) is 21.9 Å². The summed E-state index contributed by atoms with van der Waals surface area (Å²) in [6.07, 6.45) is -4.72. The number of thioether (sulfide) groups is 1. The number of anilines is 2. The average Bonchev–Trinajstić information content (AvgIpc) is 3.44. The Labute approximate surface area is 271 Å². The minimum absolute atomic E-state index is 0.137. The Morgan fingerprint density at radius 3 is 2.38 bits per heavy atom. The summed E-state index contributed by atoms with van der Waals surface area (Å²) < 4.78 is 46.8. The number of benzene rings is 3. The van der Waals surface area contributed by atoms with Crippen molar-refractivity contribution in [2.45, 2.75) is 28.9 Å². The topological polar surface area (TPSA) is 97.7 Å². The number of nitrogens with zero attached hydrogens (tertiary/aromatic N) is 2. The Kier molecular flexibility index (Phi) is 8.23. The fourth-order valence-corrected chi connectivity index (χ4v) is 8.70. The second-order valence-electron chi connectivity index (χ2n) is 10.1. The molecule has 232 valence electrons. The van der Waals surface area contributed by atoms with Gasteiger partial charge in [-0.15, -0.1) is 0 Å². The molecule has 45 heavy (non-hydrogen) atoms. The largest absolute Gasteiger partial charge is 0.497 e. The van der Waals surface area contributed by atoms with Crippen LogP contribution < -0.4 is 19.8 Å². The van der Waals surface area contributed by atoms with Crippen LogP contribution in [0.2, 0.25) is 10.0 Å². The van der Waals surface area contributed by atoms with Crippen molar-refractivity contribution in [3.8, 4) is 5.75 Å². The molecular weight excluding hydrogens is 674 g/mol. The molecule has 3 amide bonds. The maximum absolute atomic E-state index is 14.0. The number of hydrogen-bond acceptors (Lipinski definition) is 7. The number of imide groups is 1. The molecule has 8 nitrogen and oxygen atoms in total. The highest BCUT2D eigenvalue weighted by atomic mass is 35.5. The Hall–Kier alpha value is -3.78. The first-order valence-electron chi connectivity index (χ1n) is 13.2. The molecule has 0 radical (unpaired) electrons. The van der Waals surface area contributed by atoms with E-state index in [1.807, 2.05) is 0 Å². The van der Waals surface area contributed by atoms with E-state index in [4.69, 9.17) is 27.9 Å².